The van der Waals surface area contributed by atoms with Crippen LogP contribution in [0.15, 0.2) is 211 Å². The molecule has 135 heavy (non-hydrogen) atoms. The van der Waals surface area contributed by atoms with Crippen LogP contribution < -0.4 is 43.3 Å². The van der Waals surface area contributed by atoms with Gasteiger partial charge in [0.25, 0.3) is 0 Å². The molecule has 1 atom stereocenters. The van der Waals surface area contributed by atoms with E-state index in [0.29, 0.717) is 90.3 Å². The predicted octanol–water partition coefficient (Wildman–Crippen LogP) is 27.3. The Bertz CT molecular complexity index is 5450. The van der Waals surface area contributed by atoms with Gasteiger partial charge in [0, 0.05) is 144 Å². The van der Waals surface area contributed by atoms with Crippen molar-refractivity contribution < 1.29 is 42.6 Å². The summed E-state index contributed by atoms with van der Waals surface area (Å²) in [6, 6.07) is 50.1. The monoisotopic (exact) mass is 1830 g/mol. The summed E-state index contributed by atoms with van der Waals surface area (Å²) in [6.45, 7) is 45.8. The van der Waals surface area contributed by atoms with Crippen molar-refractivity contribution in [1.82, 2.24) is 0 Å². The number of hydrogen-bond donors (Lipinski definition) is 0. The van der Waals surface area contributed by atoms with Gasteiger partial charge in [-0.05, 0) is 176 Å². The lowest BCUT2D eigenvalue weighted by molar-refractivity contribution is 0.0750. The van der Waals surface area contributed by atoms with Crippen LogP contribution in [0.4, 0.5) is 22.7 Å². The SMILES string of the molecule is CCCCN(CCCC)c1cc(OC)c(/C=C/C2=C(C#N)C(=C(/C)C#N)/OC2(C)C)c(OC)c1.CCCCN(CCCC)c1ccc(/C=C/C2=C(C#N)C(=C(/C)C#N)/OC2(C)C)c(OC)c1.CCCCN(CCCC)c1ccc(/C=C/C2=C(C#N)C(=C(/C)C#N)/OC2(C)C)c(OC)c1.CCCCN(CCCC)c1ccc(/C=C/C2=C(C#N)C(=C(/C)C#N)/OC2(C)c2ccccc2)c(OC)c1. The summed E-state index contributed by atoms with van der Waals surface area (Å²) in [6.07, 6.45) is 33.7. The molecule has 9 rings (SSSR count). The number of nitriles is 8. The van der Waals surface area contributed by atoms with Crippen LogP contribution in [-0.4, -0.2) is 105 Å². The van der Waals surface area contributed by atoms with Gasteiger partial charge in [-0.2, -0.15) is 42.1 Å². The van der Waals surface area contributed by atoms with Crippen molar-refractivity contribution in [1.29, 1.82) is 42.1 Å². The number of methoxy groups -OCH3 is 5. The third kappa shape index (κ3) is 28.9. The fraction of sp³-hybridized carbons (Fsp3) is 0.456. The highest BCUT2D eigenvalue weighted by Crippen LogP contribution is 2.49. The van der Waals surface area contributed by atoms with Crippen LogP contribution in [0.1, 0.15) is 262 Å². The Balaban J connectivity index is 0.000000277. The summed E-state index contributed by atoms with van der Waals surface area (Å²) in [5.74, 6) is 5.15. The van der Waals surface area contributed by atoms with Crippen molar-refractivity contribution in [2.24, 2.45) is 0 Å². The maximum absolute atomic E-state index is 10.1. The average molecular weight is 1830 g/mol. The lowest BCUT2D eigenvalue weighted by atomic mass is 9.86. The summed E-state index contributed by atoms with van der Waals surface area (Å²) in [4.78, 5) is 9.67. The summed E-state index contributed by atoms with van der Waals surface area (Å²) in [7, 11) is 8.34. The highest BCUT2D eigenvalue weighted by molar-refractivity contribution is 5.75. The molecular formula is C114H144N12O9. The van der Waals surface area contributed by atoms with Crippen LogP contribution in [0.25, 0.3) is 24.3 Å². The molecule has 4 heterocycles. The van der Waals surface area contributed by atoms with E-state index in [1.165, 1.54) is 0 Å². The van der Waals surface area contributed by atoms with Gasteiger partial charge in [0.15, 0.2) is 28.6 Å². The number of anilines is 4. The first-order valence-corrected chi connectivity index (χ1v) is 47.7. The van der Waals surface area contributed by atoms with Gasteiger partial charge in [-0.3, -0.25) is 0 Å². The molecule has 5 aromatic rings. The van der Waals surface area contributed by atoms with Crippen molar-refractivity contribution >= 4 is 47.1 Å². The largest absolute Gasteiger partial charge is 0.496 e. The second-order valence-electron chi connectivity index (χ2n) is 35.4. The number of rotatable bonds is 42. The molecule has 0 fully saturated rings. The van der Waals surface area contributed by atoms with E-state index >= 15 is 0 Å². The highest BCUT2D eigenvalue weighted by Gasteiger charge is 2.44. The fourth-order valence-electron chi connectivity index (χ4n) is 16.1. The van der Waals surface area contributed by atoms with Crippen molar-refractivity contribution in [2.75, 3.05) is 108 Å². The molecule has 0 aliphatic carbocycles. The number of nitrogens with zero attached hydrogens (tertiary/aromatic N) is 12. The Morgan fingerprint density at radius 3 is 0.785 bits per heavy atom. The Morgan fingerprint density at radius 1 is 0.296 bits per heavy atom. The third-order valence-electron chi connectivity index (χ3n) is 24.2. The number of ether oxygens (including phenoxy) is 9. The van der Waals surface area contributed by atoms with Crippen LogP contribution >= 0.6 is 0 Å². The van der Waals surface area contributed by atoms with E-state index in [2.05, 4.69) is 190 Å². The minimum Gasteiger partial charge on any atom is -0.496 e. The van der Waals surface area contributed by atoms with E-state index in [1.807, 2.05) is 127 Å². The molecule has 4 aliphatic rings. The Labute approximate surface area is 807 Å². The standard InChI is InChI=1S/C32H37N3O2.C28H37N3O3.2C27H35N3O2/c1-6-8-19-35(20-9-7-2)27-17-15-25(30(21-27)36-5)16-18-29-28(23-34)31(24(3)22-33)37-32(29,4)26-13-11-10-12-14-26;1-8-10-14-31(15-11-9-2)21-16-25(32-6)22(26(17-21)33-7)12-13-24-23(19-30)27(20(3)18-29)34-28(24,4)5;2*1-7-9-15-30(16-10-8-2)22-13-11-21(25(17-22)31-6)12-14-24-23(19-29)26(20(3)18-28)32-27(24,4)5/h10-18,21H,6-9,19-20H2,1-5H3;12-13,16-17H,8-11,14-15H2,1-7H3;2*11-14,17H,7-10,15-16H2,1-6H3/b18-16+,31-24+;13-12+,27-20+;2*14-12+,26-20+. The van der Waals surface area contributed by atoms with Gasteiger partial charge >= 0.3 is 0 Å². The molecule has 0 bridgehead atoms. The van der Waals surface area contributed by atoms with Crippen molar-refractivity contribution in [3.05, 3.63) is 239 Å². The van der Waals surface area contributed by atoms with Gasteiger partial charge in [0.2, 0.25) is 0 Å². The lowest BCUT2D eigenvalue weighted by Gasteiger charge is -2.27. The van der Waals surface area contributed by atoms with Gasteiger partial charge in [0.1, 0.15) is 92.1 Å². The molecule has 4 aliphatic heterocycles. The number of allylic oxidation sites excluding steroid dienone is 8. The summed E-state index contributed by atoms with van der Waals surface area (Å²) in [5, 5.41) is 76.7. The average Bonchev–Trinajstić information content (AvgIpc) is 1.60. The molecule has 21 heteroatoms. The van der Waals surface area contributed by atoms with E-state index in [-0.39, 0.29) is 0 Å². The molecule has 0 amide bonds. The van der Waals surface area contributed by atoms with Gasteiger partial charge in [0.05, 0.1) is 87.7 Å². The second kappa shape index (κ2) is 54.5. The Morgan fingerprint density at radius 2 is 0.533 bits per heavy atom. The van der Waals surface area contributed by atoms with Gasteiger partial charge in [-0.1, -0.05) is 180 Å². The third-order valence-corrected chi connectivity index (χ3v) is 24.2. The normalized spacial score (nSPS) is 16.9. The smallest absolute Gasteiger partial charge is 0.158 e. The van der Waals surface area contributed by atoms with E-state index < -0.39 is 22.4 Å². The molecule has 0 N–H and O–H groups in total. The fourth-order valence-corrected chi connectivity index (χ4v) is 16.1. The van der Waals surface area contributed by atoms with Crippen LogP contribution in [0.2, 0.25) is 0 Å². The first kappa shape index (κ1) is 110. The van der Waals surface area contributed by atoms with Crippen molar-refractivity contribution in [3.8, 4) is 77.3 Å². The Kier molecular flexibility index (Phi) is 44.4. The molecule has 0 radical (unpaired) electrons. The molecular weight excluding hydrogens is 1680 g/mol. The zero-order chi connectivity index (χ0) is 99.6. The van der Waals surface area contributed by atoms with Gasteiger partial charge < -0.3 is 62.2 Å². The minimum absolute atomic E-state index is 0.334. The maximum Gasteiger partial charge on any atom is 0.158 e. The second-order valence-corrected chi connectivity index (χ2v) is 35.4. The molecule has 0 saturated carbocycles. The molecule has 21 nitrogen and oxygen atoms in total. The van der Waals surface area contributed by atoms with Crippen LogP contribution in [0.5, 0.6) is 28.7 Å². The minimum atomic E-state index is -0.902. The summed E-state index contributed by atoms with van der Waals surface area (Å²) >= 11 is 0. The van der Waals surface area contributed by atoms with Crippen LogP contribution in [0, 0.1) is 90.6 Å². The molecule has 0 aromatic heterocycles. The van der Waals surface area contributed by atoms with E-state index in [1.54, 1.807) is 63.2 Å². The van der Waals surface area contributed by atoms with Gasteiger partial charge in [-0.25, -0.2) is 0 Å². The summed E-state index contributed by atoms with van der Waals surface area (Å²) < 4.78 is 53.0. The quantitative estimate of drug-likeness (QED) is 0.0328. The molecule has 0 spiro atoms. The molecule has 5 aromatic carbocycles. The maximum atomic E-state index is 10.1. The number of hydrogen-bond acceptors (Lipinski definition) is 21. The first-order valence-electron chi connectivity index (χ1n) is 47.7. The summed E-state index contributed by atoms with van der Waals surface area (Å²) in [5.41, 5.74) is 12.0. The van der Waals surface area contributed by atoms with Crippen molar-refractivity contribution in [3.63, 3.8) is 0 Å². The van der Waals surface area contributed by atoms with Crippen LogP contribution in [0.3, 0.4) is 0 Å². The van der Waals surface area contributed by atoms with E-state index in [4.69, 9.17) is 42.6 Å². The predicted molar refractivity (Wildman–Crippen MR) is 547 cm³/mol. The molecule has 714 valence electrons. The van der Waals surface area contributed by atoms with Crippen LogP contribution in [-0.2, 0) is 24.5 Å². The molecule has 0 saturated heterocycles. The number of benzene rings is 5. The Hall–Kier alpha value is -13.7. The van der Waals surface area contributed by atoms with Gasteiger partial charge in [-0.15, -0.1) is 0 Å². The molecule has 1 unspecified atom stereocenters. The topological polar surface area (TPSA) is 286 Å². The number of unbranched alkanes of at least 4 members (excludes halogenated alkanes) is 8. The first-order chi connectivity index (χ1) is 64.8. The highest BCUT2D eigenvalue weighted by atomic mass is 16.5. The van der Waals surface area contributed by atoms with E-state index in [0.717, 1.165) is 234 Å². The van der Waals surface area contributed by atoms with Crippen molar-refractivity contribution in [2.45, 2.75) is 257 Å². The zero-order valence-corrected chi connectivity index (χ0v) is 84.9. The zero-order valence-electron chi connectivity index (χ0n) is 84.9. The van der Waals surface area contributed by atoms with E-state index in [9.17, 15) is 42.1 Å². The lowest BCUT2D eigenvalue weighted by Crippen LogP contribution is -2.25.